The van der Waals surface area contributed by atoms with Gasteiger partial charge in [-0.3, -0.25) is 4.89 Å². The lowest BCUT2D eigenvalue weighted by atomic mass is 10.1. The first-order valence-electron chi connectivity index (χ1n) is 7.07. The van der Waals surface area contributed by atoms with Gasteiger partial charge in [-0.05, 0) is 13.8 Å². The predicted octanol–water partition coefficient (Wildman–Crippen LogP) is 3.30. The standard InChI is InChI=1S/C14H28O7/c1-9(2)12(15)17-19-14(8,11(5)6)21-20-13(7,18-16)10(3)4/h9-11,16H,1-8H3. The van der Waals surface area contributed by atoms with Gasteiger partial charge >= 0.3 is 5.97 Å². The molecule has 0 aliphatic carbocycles. The Labute approximate surface area is 126 Å². The lowest BCUT2D eigenvalue weighted by Crippen LogP contribution is -2.45. The van der Waals surface area contributed by atoms with Gasteiger partial charge in [0.15, 0.2) is 0 Å². The van der Waals surface area contributed by atoms with Crippen molar-refractivity contribution in [3.05, 3.63) is 0 Å². The quantitative estimate of drug-likeness (QED) is 0.397. The minimum Gasteiger partial charge on any atom is -0.295 e. The fourth-order valence-corrected chi connectivity index (χ4v) is 0.809. The van der Waals surface area contributed by atoms with Gasteiger partial charge < -0.3 is 0 Å². The predicted molar refractivity (Wildman–Crippen MR) is 74.4 cm³/mol. The summed E-state index contributed by atoms with van der Waals surface area (Å²) in [4.78, 5) is 36.1. The number of carbonyl (C=O) groups is 1. The third kappa shape index (κ3) is 5.88. The van der Waals surface area contributed by atoms with Crippen LogP contribution in [-0.2, 0) is 29.2 Å². The van der Waals surface area contributed by atoms with E-state index >= 15 is 0 Å². The van der Waals surface area contributed by atoms with E-state index < -0.39 is 17.5 Å². The first kappa shape index (κ1) is 20.3. The van der Waals surface area contributed by atoms with Crippen LogP contribution in [0.4, 0.5) is 0 Å². The first-order chi connectivity index (χ1) is 9.48. The zero-order valence-corrected chi connectivity index (χ0v) is 14.1. The van der Waals surface area contributed by atoms with Gasteiger partial charge in [-0.15, -0.1) is 4.89 Å². The van der Waals surface area contributed by atoms with Crippen LogP contribution >= 0.6 is 0 Å². The molecule has 0 heterocycles. The number of hydrogen-bond donors (Lipinski definition) is 1. The molecule has 0 saturated heterocycles. The van der Waals surface area contributed by atoms with Crippen LogP contribution in [0.2, 0.25) is 0 Å². The maximum Gasteiger partial charge on any atom is 0.345 e. The molecule has 0 saturated carbocycles. The van der Waals surface area contributed by atoms with E-state index in [2.05, 4.69) is 4.89 Å². The highest BCUT2D eigenvalue weighted by molar-refractivity contribution is 5.70. The van der Waals surface area contributed by atoms with E-state index in [4.69, 9.17) is 24.8 Å². The summed E-state index contributed by atoms with van der Waals surface area (Å²) >= 11 is 0. The van der Waals surface area contributed by atoms with Crippen LogP contribution in [0.25, 0.3) is 0 Å². The summed E-state index contributed by atoms with van der Waals surface area (Å²) in [6.45, 7) is 13.6. The van der Waals surface area contributed by atoms with Gasteiger partial charge in [0.25, 0.3) is 0 Å². The number of rotatable bonds is 9. The molecular weight excluding hydrogens is 280 g/mol. The molecule has 21 heavy (non-hydrogen) atoms. The van der Waals surface area contributed by atoms with Crippen molar-refractivity contribution in [2.75, 3.05) is 0 Å². The fraction of sp³-hybridized carbons (Fsp3) is 0.929. The van der Waals surface area contributed by atoms with Crippen molar-refractivity contribution < 1.29 is 34.5 Å². The molecule has 1 N–H and O–H groups in total. The summed E-state index contributed by atoms with van der Waals surface area (Å²) in [5, 5.41) is 8.95. The Hall–Kier alpha value is -0.730. The summed E-state index contributed by atoms with van der Waals surface area (Å²) in [5.41, 5.74) is 0. The van der Waals surface area contributed by atoms with Crippen molar-refractivity contribution in [2.24, 2.45) is 17.8 Å². The lowest BCUT2D eigenvalue weighted by Gasteiger charge is -2.35. The van der Waals surface area contributed by atoms with E-state index in [0.29, 0.717) is 0 Å². The van der Waals surface area contributed by atoms with Crippen molar-refractivity contribution in [2.45, 2.75) is 67.0 Å². The molecule has 0 aliphatic rings. The van der Waals surface area contributed by atoms with Crippen LogP contribution in [0.5, 0.6) is 0 Å². The Morgan fingerprint density at radius 1 is 0.857 bits per heavy atom. The molecule has 0 bridgehead atoms. The molecule has 0 amide bonds. The highest BCUT2D eigenvalue weighted by atomic mass is 17.3. The average Bonchev–Trinajstić information content (AvgIpc) is 2.41. The Morgan fingerprint density at radius 3 is 1.62 bits per heavy atom. The summed E-state index contributed by atoms with van der Waals surface area (Å²) < 4.78 is 0. The van der Waals surface area contributed by atoms with Crippen LogP contribution in [0.3, 0.4) is 0 Å². The van der Waals surface area contributed by atoms with Crippen LogP contribution in [0, 0.1) is 17.8 Å². The third-order valence-corrected chi connectivity index (χ3v) is 3.41. The second kappa shape index (κ2) is 8.05. The monoisotopic (exact) mass is 308 g/mol. The highest BCUT2D eigenvalue weighted by Crippen LogP contribution is 2.29. The van der Waals surface area contributed by atoms with Gasteiger partial charge in [0.05, 0.1) is 5.92 Å². The van der Waals surface area contributed by atoms with Crippen LogP contribution < -0.4 is 0 Å². The first-order valence-corrected chi connectivity index (χ1v) is 7.07. The molecule has 0 fully saturated rings. The molecular formula is C14H28O7. The third-order valence-electron chi connectivity index (χ3n) is 3.41. The van der Waals surface area contributed by atoms with Crippen molar-refractivity contribution in [1.82, 2.24) is 0 Å². The molecule has 0 rings (SSSR count). The smallest absolute Gasteiger partial charge is 0.295 e. The second-order valence-corrected chi connectivity index (χ2v) is 6.24. The van der Waals surface area contributed by atoms with E-state index in [1.807, 2.05) is 0 Å². The van der Waals surface area contributed by atoms with E-state index in [-0.39, 0.29) is 17.8 Å². The normalized spacial score (nSPS) is 17.9. The molecule has 0 aromatic carbocycles. The SMILES string of the molecule is CC(C)C(=O)OOC(C)(OOC(C)(OO)C(C)C)C(C)C. The molecule has 2 unspecified atom stereocenters. The van der Waals surface area contributed by atoms with Gasteiger partial charge in [0.2, 0.25) is 11.6 Å². The van der Waals surface area contributed by atoms with Gasteiger partial charge in [-0.25, -0.2) is 14.9 Å². The van der Waals surface area contributed by atoms with E-state index in [0.717, 1.165) is 0 Å². The van der Waals surface area contributed by atoms with Gasteiger partial charge in [0.1, 0.15) is 0 Å². The molecule has 0 aromatic heterocycles. The summed E-state index contributed by atoms with van der Waals surface area (Å²) in [7, 11) is 0. The highest BCUT2D eigenvalue weighted by Gasteiger charge is 2.41. The van der Waals surface area contributed by atoms with Gasteiger partial charge in [-0.1, -0.05) is 41.5 Å². The number of carbonyl (C=O) groups excluding carboxylic acids is 1. The molecule has 0 aromatic rings. The van der Waals surface area contributed by atoms with Crippen molar-refractivity contribution in [3.63, 3.8) is 0 Å². The average molecular weight is 308 g/mol. The number of hydrogen-bond acceptors (Lipinski definition) is 7. The summed E-state index contributed by atoms with van der Waals surface area (Å²) in [6.07, 6.45) is 0. The zero-order valence-electron chi connectivity index (χ0n) is 14.1. The van der Waals surface area contributed by atoms with Crippen LogP contribution in [0.15, 0.2) is 0 Å². The molecule has 7 nitrogen and oxygen atoms in total. The largest absolute Gasteiger partial charge is 0.345 e. The minimum absolute atomic E-state index is 0.197. The van der Waals surface area contributed by atoms with E-state index in [1.165, 1.54) is 6.92 Å². The maximum atomic E-state index is 11.5. The minimum atomic E-state index is -1.37. The second-order valence-electron chi connectivity index (χ2n) is 6.24. The topological polar surface area (TPSA) is 83.5 Å². The Kier molecular flexibility index (Phi) is 7.77. The van der Waals surface area contributed by atoms with E-state index in [1.54, 1.807) is 48.5 Å². The Bertz CT molecular complexity index is 329. The fourth-order valence-electron chi connectivity index (χ4n) is 0.809. The Balaban J connectivity index is 4.78. The molecule has 0 radical (unpaired) electrons. The van der Waals surface area contributed by atoms with E-state index in [9.17, 15) is 4.79 Å². The maximum absolute atomic E-state index is 11.5. The molecule has 2 atom stereocenters. The summed E-state index contributed by atoms with van der Waals surface area (Å²) in [6, 6.07) is 0. The van der Waals surface area contributed by atoms with Crippen LogP contribution in [-0.4, -0.2) is 22.8 Å². The van der Waals surface area contributed by atoms with Crippen molar-refractivity contribution in [1.29, 1.82) is 0 Å². The molecule has 126 valence electrons. The summed E-state index contributed by atoms with van der Waals surface area (Å²) in [5.74, 6) is -3.97. The van der Waals surface area contributed by atoms with Crippen molar-refractivity contribution >= 4 is 5.97 Å². The van der Waals surface area contributed by atoms with Crippen LogP contribution in [0.1, 0.15) is 55.4 Å². The lowest BCUT2D eigenvalue weighted by molar-refractivity contribution is -0.576. The molecule has 0 spiro atoms. The Morgan fingerprint density at radius 2 is 1.29 bits per heavy atom. The molecule has 0 aliphatic heterocycles. The van der Waals surface area contributed by atoms with Crippen molar-refractivity contribution in [3.8, 4) is 0 Å². The van der Waals surface area contributed by atoms with Gasteiger partial charge in [-0.2, -0.15) is 9.78 Å². The van der Waals surface area contributed by atoms with Gasteiger partial charge in [0, 0.05) is 11.8 Å². The zero-order chi connectivity index (χ0) is 16.8. The molecule has 7 heteroatoms.